The van der Waals surface area contributed by atoms with Crippen molar-refractivity contribution in [1.29, 1.82) is 0 Å². The number of nitrogens with zero attached hydrogens (tertiary/aromatic N) is 3. The van der Waals surface area contributed by atoms with E-state index in [1.807, 2.05) is 28.8 Å². The number of imidazole rings is 1. The van der Waals surface area contributed by atoms with Crippen LogP contribution in [0.1, 0.15) is 12.6 Å². The monoisotopic (exact) mass is 276 g/mol. The van der Waals surface area contributed by atoms with Gasteiger partial charge in [0.05, 0.1) is 31.1 Å². The number of hydrogen-bond donors (Lipinski definition) is 2. The van der Waals surface area contributed by atoms with Gasteiger partial charge in [-0.1, -0.05) is 6.07 Å². The van der Waals surface area contributed by atoms with E-state index in [0.717, 1.165) is 17.2 Å². The third-order valence-electron chi connectivity index (χ3n) is 3.78. The van der Waals surface area contributed by atoms with Crippen molar-refractivity contribution in [3.05, 3.63) is 30.1 Å². The molecule has 2 atom stereocenters. The maximum absolute atomic E-state index is 9.31. The first-order valence-corrected chi connectivity index (χ1v) is 6.89. The first-order valence-electron chi connectivity index (χ1n) is 6.89. The molecule has 0 radical (unpaired) electrons. The van der Waals surface area contributed by atoms with Crippen LogP contribution in [-0.2, 0) is 11.3 Å². The van der Waals surface area contributed by atoms with Crippen LogP contribution in [0, 0.1) is 0 Å². The molecule has 2 aromatic rings. The van der Waals surface area contributed by atoms with Crippen molar-refractivity contribution in [2.45, 2.75) is 25.6 Å². The number of anilines is 1. The van der Waals surface area contributed by atoms with Gasteiger partial charge in [0.2, 0.25) is 0 Å². The average Bonchev–Trinajstić information content (AvgIpc) is 2.86. The lowest BCUT2D eigenvalue weighted by Crippen LogP contribution is -2.50. The second kappa shape index (κ2) is 5.40. The van der Waals surface area contributed by atoms with E-state index < -0.39 is 0 Å². The molecule has 0 amide bonds. The summed E-state index contributed by atoms with van der Waals surface area (Å²) in [6, 6.07) is 6.12. The molecule has 1 saturated heterocycles. The minimum atomic E-state index is -0.165. The van der Waals surface area contributed by atoms with Crippen molar-refractivity contribution in [3.63, 3.8) is 0 Å². The Morgan fingerprint density at radius 3 is 3.10 bits per heavy atom. The molecule has 0 aromatic carbocycles. The molecular weight excluding hydrogens is 256 g/mol. The van der Waals surface area contributed by atoms with Crippen LogP contribution in [0.4, 0.5) is 5.82 Å². The van der Waals surface area contributed by atoms with Crippen LogP contribution in [-0.4, -0.2) is 46.4 Å². The van der Waals surface area contributed by atoms with Gasteiger partial charge in [-0.2, -0.15) is 0 Å². The molecule has 6 nitrogen and oxygen atoms in total. The van der Waals surface area contributed by atoms with E-state index in [0.29, 0.717) is 19.7 Å². The van der Waals surface area contributed by atoms with Gasteiger partial charge in [0.15, 0.2) is 5.82 Å². The normalized spacial score (nSPS) is 23.4. The Morgan fingerprint density at radius 2 is 2.35 bits per heavy atom. The second-order valence-corrected chi connectivity index (χ2v) is 5.15. The third-order valence-corrected chi connectivity index (χ3v) is 3.78. The Bertz CT molecular complexity index is 598. The number of aliphatic hydroxyl groups is 1. The van der Waals surface area contributed by atoms with Crippen molar-refractivity contribution < 1.29 is 9.84 Å². The molecule has 1 aliphatic rings. The van der Waals surface area contributed by atoms with Crippen molar-refractivity contribution >= 4 is 11.5 Å². The summed E-state index contributed by atoms with van der Waals surface area (Å²) in [6.45, 7) is 3.76. The molecule has 3 N–H and O–H groups in total. The number of fused-ring (bicyclic) bond motifs is 1. The van der Waals surface area contributed by atoms with Crippen LogP contribution in [0.15, 0.2) is 24.4 Å². The van der Waals surface area contributed by atoms with Crippen LogP contribution in [0.25, 0.3) is 5.65 Å². The molecule has 20 heavy (non-hydrogen) atoms. The summed E-state index contributed by atoms with van der Waals surface area (Å²) in [5.41, 5.74) is 7.79. The lowest BCUT2D eigenvalue weighted by molar-refractivity contribution is -0.0106. The zero-order valence-electron chi connectivity index (χ0n) is 11.6. The van der Waals surface area contributed by atoms with E-state index in [-0.39, 0.29) is 18.8 Å². The molecule has 3 rings (SSSR count). The van der Waals surface area contributed by atoms with E-state index in [9.17, 15) is 5.11 Å². The number of hydrogen-bond acceptors (Lipinski definition) is 5. The smallest absolute Gasteiger partial charge is 0.152 e. The highest BCUT2D eigenvalue weighted by Gasteiger charge is 2.29. The van der Waals surface area contributed by atoms with Crippen molar-refractivity contribution in [2.24, 2.45) is 5.73 Å². The van der Waals surface area contributed by atoms with E-state index >= 15 is 0 Å². The van der Waals surface area contributed by atoms with E-state index in [1.165, 1.54) is 0 Å². The molecule has 108 valence electrons. The van der Waals surface area contributed by atoms with Crippen LogP contribution < -0.4 is 10.6 Å². The highest BCUT2D eigenvalue weighted by atomic mass is 16.5. The topological polar surface area (TPSA) is 76.0 Å². The van der Waals surface area contributed by atoms with Crippen LogP contribution in [0.3, 0.4) is 0 Å². The SMILES string of the molecule is CC1COC(CO)CN1c1nc2ccccn2c1CN. The average molecular weight is 276 g/mol. The van der Waals surface area contributed by atoms with Gasteiger partial charge in [0, 0.05) is 19.3 Å². The fraction of sp³-hybridized carbons (Fsp3) is 0.500. The summed E-state index contributed by atoms with van der Waals surface area (Å²) >= 11 is 0. The standard InChI is InChI=1S/C14H20N4O2/c1-10-9-20-11(8-19)7-18(10)14-12(6-15)17-5-3-2-4-13(17)16-14/h2-5,10-11,19H,6-9,15H2,1H3. The molecule has 3 heterocycles. The van der Waals surface area contributed by atoms with E-state index in [1.54, 1.807) is 0 Å². The molecule has 0 saturated carbocycles. The lowest BCUT2D eigenvalue weighted by atomic mass is 10.2. The summed E-state index contributed by atoms with van der Waals surface area (Å²) in [5, 5.41) is 9.31. The Kier molecular flexibility index (Phi) is 3.60. The maximum Gasteiger partial charge on any atom is 0.152 e. The Balaban J connectivity index is 2.03. The van der Waals surface area contributed by atoms with E-state index in [2.05, 4.69) is 11.8 Å². The number of nitrogens with two attached hydrogens (primary N) is 1. The van der Waals surface area contributed by atoms with Crippen LogP contribution >= 0.6 is 0 Å². The van der Waals surface area contributed by atoms with Gasteiger partial charge in [0.1, 0.15) is 5.65 Å². The summed E-state index contributed by atoms with van der Waals surface area (Å²) < 4.78 is 7.60. The number of ether oxygens (including phenoxy) is 1. The Morgan fingerprint density at radius 1 is 1.50 bits per heavy atom. The number of morpholine rings is 1. The molecule has 0 aliphatic carbocycles. The molecule has 0 bridgehead atoms. The largest absolute Gasteiger partial charge is 0.394 e. The van der Waals surface area contributed by atoms with Gasteiger partial charge in [-0.15, -0.1) is 0 Å². The summed E-state index contributed by atoms with van der Waals surface area (Å²) in [5.74, 6) is 0.896. The number of rotatable bonds is 3. The molecular formula is C14H20N4O2. The van der Waals surface area contributed by atoms with Gasteiger partial charge in [0.25, 0.3) is 0 Å². The summed E-state index contributed by atoms with van der Waals surface area (Å²) in [7, 11) is 0. The van der Waals surface area contributed by atoms with E-state index in [4.69, 9.17) is 15.5 Å². The fourth-order valence-electron chi connectivity index (χ4n) is 2.68. The molecule has 1 aliphatic heterocycles. The van der Waals surface area contributed by atoms with Crippen molar-refractivity contribution in [3.8, 4) is 0 Å². The highest BCUT2D eigenvalue weighted by molar-refractivity contribution is 5.56. The second-order valence-electron chi connectivity index (χ2n) is 5.15. The highest BCUT2D eigenvalue weighted by Crippen LogP contribution is 2.26. The van der Waals surface area contributed by atoms with Crippen LogP contribution in [0.5, 0.6) is 0 Å². The molecule has 1 fully saturated rings. The third kappa shape index (κ3) is 2.15. The Labute approximate surface area is 117 Å². The number of aromatic nitrogens is 2. The van der Waals surface area contributed by atoms with Crippen LogP contribution in [0.2, 0.25) is 0 Å². The predicted molar refractivity (Wildman–Crippen MR) is 76.7 cm³/mol. The molecule has 6 heteroatoms. The van der Waals surface area contributed by atoms with Gasteiger partial charge >= 0.3 is 0 Å². The summed E-state index contributed by atoms with van der Waals surface area (Å²) in [4.78, 5) is 6.88. The van der Waals surface area contributed by atoms with Gasteiger partial charge in [-0.05, 0) is 19.1 Å². The number of pyridine rings is 1. The van der Waals surface area contributed by atoms with Crippen molar-refractivity contribution in [1.82, 2.24) is 9.38 Å². The summed E-state index contributed by atoms with van der Waals surface area (Å²) in [6.07, 6.45) is 1.81. The Hall–Kier alpha value is -1.63. The first kappa shape index (κ1) is 13.4. The lowest BCUT2D eigenvalue weighted by Gasteiger charge is -2.38. The van der Waals surface area contributed by atoms with Gasteiger partial charge in [-0.25, -0.2) is 4.98 Å². The molecule has 0 spiro atoms. The minimum Gasteiger partial charge on any atom is -0.394 e. The molecule has 2 aromatic heterocycles. The number of aliphatic hydroxyl groups excluding tert-OH is 1. The zero-order chi connectivity index (χ0) is 14.1. The first-order chi connectivity index (χ1) is 9.74. The zero-order valence-corrected chi connectivity index (χ0v) is 11.6. The molecule has 2 unspecified atom stereocenters. The van der Waals surface area contributed by atoms with Gasteiger partial charge in [-0.3, -0.25) is 0 Å². The predicted octanol–water partition coefficient (Wildman–Crippen LogP) is 0.379. The minimum absolute atomic E-state index is 0.0224. The fourth-order valence-corrected chi connectivity index (χ4v) is 2.68. The quantitative estimate of drug-likeness (QED) is 0.847. The van der Waals surface area contributed by atoms with Crippen molar-refractivity contribution in [2.75, 3.05) is 24.7 Å². The van der Waals surface area contributed by atoms with Gasteiger partial charge < -0.3 is 24.9 Å². The maximum atomic E-state index is 9.31.